The first-order chi connectivity index (χ1) is 9.39. The highest BCUT2D eigenvalue weighted by Crippen LogP contribution is 2.34. The van der Waals surface area contributed by atoms with Crippen LogP contribution in [0.5, 0.6) is 0 Å². The van der Waals surface area contributed by atoms with E-state index in [1.807, 2.05) is 38.1 Å². The Morgan fingerprint density at radius 2 is 2.05 bits per heavy atom. The second-order valence-electron chi connectivity index (χ2n) is 6.23. The second kappa shape index (κ2) is 6.15. The number of nitrogens with zero attached hydrogens (tertiary/aromatic N) is 1. The molecule has 1 aliphatic heterocycles. The van der Waals surface area contributed by atoms with Gasteiger partial charge in [0.25, 0.3) is 0 Å². The predicted molar refractivity (Wildman–Crippen MR) is 80.9 cm³/mol. The molecular weight excluding hydrogens is 274 g/mol. The van der Waals surface area contributed by atoms with Gasteiger partial charge >= 0.3 is 5.97 Å². The molecule has 0 saturated carbocycles. The number of hydrogen-bond acceptors (Lipinski definition) is 2. The van der Waals surface area contributed by atoms with Crippen LogP contribution in [-0.4, -0.2) is 29.1 Å². The highest BCUT2D eigenvalue weighted by Gasteiger charge is 2.38. The van der Waals surface area contributed by atoms with Crippen molar-refractivity contribution in [2.45, 2.75) is 33.2 Å². The van der Waals surface area contributed by atoms with Crippen LogP contribution >= 0.6 is 11.6 Å². The molecule has 0 aromatic heterocycles. The van der Waals surface area contributed by atoms with Gasteiger partial charge in [0.1, 0.15) is 0 Å². The van der Waals surface area contributed by atoms with Gasteiger partial charge in [-0.3, -0.25) is 9.69 Å². The fraction of sp³-hybridized carbons (Fsp3) is 0.562. The minimum atomic E-state index is -0.698. The van der Waals surface area contributed by atoms with Gasteiger partial charge in [-0.05, 0) is 56.8 Å². The van der Waals surface area contributed by atoms with E-state index in [9.17, 15) is 9.90 Å². The number of halogens is 1. The van der Waals surface area contributed by atoms with Crippen molar-refractivity contribution in [2.24, 2.45) is 11.3 Å². The quantitative estimate of drug-likeness (QED) is 0.921. The fourth-order valence-corrected chi connectivity index (χ4v) is 2.94. The lowest BCUT2D eigenvalue weighted by atomic mass is 9.74. The van der Waals surface area contributed by atoms with Crippen molar-refractivity contribution >= 4 is 17.6 Å². The lowest BCUT2D eigenvalue weighted by molar-refractivity contribution is -0.151. The minimum absolute atomic E-state index is 0.209. The van der Waals surface area contributed by atoms with Gasteiger partial charge in [0.2, 0.25) is 0 Å². The van der Waals surface area contributed by atoms with Crippen LogP contribution < -0.4 is 0 Å². The zero-order valence-corrected chi connectivity index (χ0v) is 12.9. The molecule has 1 atom stereocenters. The van der Waals surface area contributed by atoms with E-state index in [4.69, 9.17) is 11.6 Å². The largest absolute Gasteiger partial charge is 0.481 e. The van der Waals surface area contributed by atoms with Gasteiger partial charge in [0.15, 0.2) is 0 Å². The molecule has 1 saturated heterocycles. The lowest BCUT2D eigenvalue weighted by Gasteiger charge is -2.39. The summed E-state index contributed by atoms with van der Waals surface area (Å²) in [5.74, 6) is -0.489. The van der Waals surface area contributed by atoms with Gasteiger partial charge in [0, 0.05) is 18.1 Å². The minimum Gasteiger partial charge on any atom is -0.481 e. The number of aliphatic carboxylic acids is 1. The maximum Gasteiger partial charge on any atom is 0.309 e. The van der Waals surface area contributed by atoms with Gasteiger partial charge < -0.3 is 5.11 Å². The van der Waals surface area contributed by atoms with Crippen LogP contribution in [0.25, 0.3) is 0 Å². The number of hydrogen-bond donors (Lipinski definition) is 1. The molecule has 20 heavy (non-hydrogen) atoms. The molecule has 1 unspecified atom stereocenters. The van der Waals surface area contributed by atoms with Crippen LogP contribution in [0.1, 0.15) is 32.3 Å². The van der Waals surface area contributed by atoms with Gasteiger partial charge in [-0.15, -0.1) is 0 Å². The highest BCUT2D eigenvalue weighted by molar-refractivity contribution is 6.30. The number of piperidine rings is 1. The molecule has 0 radical (unpaired) electrons. The Kier molecular flexibility index (Phi) is 4.71. The first kappa shape index (κ1) is 15.3. The fourth-order valence-electron chi connectivity index (χ4n) is 2.81. The van der Waals surface area contributed by atoms with E-state index in [-0.39, 0.29) is 5.92 Å². The zero-order valence-electron chi connectivity index (χ0n) is 12.1. The summed E-state index contributed by atoms with van der Waals surface area (Å²) in [6.45, 7) is 6.43. The number of benzene rings is 1. The van der Waals surface area contributed by atoms with Crippen LogP contribution in [0.4, 0.5) is 0 Å². The summed E-state index contributed by atoms with van der Waals surface area (Å²) in [6, 6.07) is 7.88. The molecule has 3 nitrogen and oxygen atoms in total. The zero-order chi connectivity index (χ0) is 14.8. The number of likely N-dealkylation sites (tertiary alicyclic amines) is 1. The molecule has 0 amide bonds. The summed E-state index contributed by atoms with van der Waals surface area (Å²) in [5, 5.41) is 10.1. The van der Waals surface area contributed by atoms with Crippen molar-refractivity contribution in [3.63, 3.8) is 0 Å². The van der Waals surface area contributed by atoms with Crippen molar-refractivity contribution in [1.29, 1.82) is 0 Å². The number of carbonyl (C=O) groups is 1. The summed E-state index contributed by atoms with van der Waals surface area (Å²) in [6.07, 6.45) is 2.06. The van der Waals surface area contributed by atoms with Crippen LogP contribution in [0.3, 0.4) is 0 Å². The summed E-state index contributed by atoms with van der Waals surface area (Å²) < 4.78 is 0. The molecule has 1 N–H and O–H groups in total. The van der Waals surface area contributed by atoms with Crippen LogP contribution in [0.15, 0.2) is 24.3 Å². The molecule has 1 aromatic rings. The van der Waals surface area contributed by atoms with E-state index in [2.05, 4.69) is 4.90 Å². The Hall–Kier alpha value is -1.06. The number of carboxylic acid groups (broad SMARTS) is 1. The molecule has 0 aliphatic carbocycles. The normalized spacial score (nSPS) is 20.9. The SMILES string of the molecule is CC(C)(C(=O)O)C1CCCN(Cc2ccc(Cl)cc2)C1. The molecule has 1 aliphatic rings. The van der Waals surface area contributed by atoms with Gasteiger partial charge in [-0.25, -0.2) is 0 Å². The average Bonchev–Trinajstić information content (AvgIpc) is 2.41. The highest BCUT2D eigenvalue weighted by atomic mass is 35.5. The smallest absolute Gasteiger partial charge is 0.309 e. The standard InChI is InChI=1S/C16H22ClNO2/c1-16(2,15(19)20)13-4-3-9-18(11-13)10-12-5-7-14(17)8-6-12/h5-8,13H,3-4,9-11H2,1-2H3,(H,19,20). The third-order valence-corrected chi connectivity index (χ3v) is 4.65. The van der Waals surface area contributed by atoms with Crippen molar-refractivity contribution < 1.29 is 9.90 Å². The summed E-state index contributed by atoms with van der Waals surface area (Å²) >= 11 is 5.89. The van der Waals surface area contributed by atoms with Gasteiger partial charge in [-0.2, -0.15) is 0 Å². The first-order valence-electron chi connectivity index (χ1n) is 7.10. The monoisotopic (exact) mass is 295 g/mol. The molecular formula is C16H22ClNO2. The second-order valence-corrected chi connectivity index (χ2v) is 6.66. The van der Waals surface area contributed by atoms with Crippen LogP contribution in [0, 0.1) is 11.3 Å². The molecule has 0 spiro atoms. The van der Waals surface area contributed by atoms with Crippen molar-refractivity contribution in [2.75, 3.05) is 13.1 Å². The van der Waals surface area contributed by atoms with E-state index in [0.29, 0.717) is 0 Å². The van der Waals surface area contributed by atoms with Crippen LogP contribution in [0.2, 0.25) is 5.02 Å². The predicted octanol–water partition coefficient (Wildman–Crippen LogP) is 3.66. The Morgan fingerprint density at radius 1 is 1.40 bits per heavy atom. The molecule has 2 rings (SSSR count). The molecule has 1 fully saturated rings. The lowest BCUT2D eigenvalue weighted by Crippen LogP contribution is -2.44. The molecule has 0 bridgehead atoms. The maximum absolute atomic E-state index is 11.4. The van der Waals surface area contributed by atoms with E-state index in [1.54, 1.807) is 0 Å². The third kappa shape index (κ3) is 3.53. The Balaban J connectivity index is 2.00. The van der Waals surface area contributed by atoms with Gasteiger partial charge in [0.05, 0.1) is 5.41 Å². The van der Waals surface area contributed by atoms with Crippen molar-refractivity contribution in [3.8, 4) is 0 Å². The Labute approximate surface area is 125 Å². The average molecular weight is 296 g/mol. The van der Waals surface area contributed by atoms with E-state index >= 15 is 0 Å². The number of carboxylic acids is 1. The van der Waals surface area contributed by atoms with Crippen LogP contribution in [-0.2, 0) is 11.3 Å². The molecule has 1 aromatic carbocycles. The Morgan fingerprint density at radius 3 is 2.65 bits per heavy atom. The molecule has 110 valence electrons. The van der Waals surface area contributed by atoms with E-state index in [1.165, 1.54) is 5.56 Å². The van der Waals surface area contributed by atoms with E-state index < -0.39 is 11.4 Å². The summed E-state index contributed by atoms with van der Waals surface area (Å²) in [7, 11) is 0. The maximum atomic E-state index is 11.4. The Bertz CT molecular complexity index is 470. The van der Waals surface area contributed by atoms with Crippen molar-refractivity contribution in [1.82, 2.24) is 4.90 Å². The summed E-state index contributed by atoms with van der Waals surface area (Å²) in [4.78, 5) is 13.7. The summed E-state index contributed by atoms with van der Waals surface area (Å²) in [5.41, 5.74) is 0.571. The molecule has 1 heterocycles. The topological polar surface area (TPSA) is 40.5 Å². The third-order valence-electron chi connectivity index (χ3n) is 4.40. The number of rotatable bonds is 4. The van der Waals surface area contributed by atoms with Crippen molar-refractivity contribution in [3.05, 3.63) is 34.9 Å². The molecule has 4 heteroatoms. The first-order valence-corrected chi connectivity index (χ1v) is 7.47. The van der Waals surface area contributed by atoms with Gasteiger partial charge in [-0.1, -0.05) is 23.7 Å². The van der Waals surface area contributed by atoms with E-state index in [0.717, 1.165) is 37.5 Å².